The fourth-order valence-electron chi connectivity index (χ4n) is 1.12. The number of nitrogens with zero attached hydrogens (tertiary/aromatic N) is 2. The van der Waals surface area contributed by atoms with Crippen molar-refractivity contribution in [2.75, 3.05) is 13.6 Å². The minimum Gasteiger partial charge on any atom is -0.316 e. The van der Waals surface area contributed by atoms with E-state index in [1.807, 2.05) is 11.9 Å². The summed E-state index contributed by atoms with van der Waals surface area (Å²) in [5.74, 6) is 0.157. The van der Waals surface area contributed by atoms with Crippen LogP contribution in [0.2, 0.25) is 0 Å². The number of nitrogens with two attached hydrogens (primary N) is 1. The van der Waals surface area contributed by atoms with Gasteiger partial charge in [-0.15, -0.1) is 0 Å². The normalized spacial score (nSPS) is 36.6. The Kier molecular flexibility index (Phi) is 1.70. The van der Waals surface area contributed by atoms with Crippen molar-refractivity contribution in [1.82, 2.24) is 4.90 Å². The lowest BCUT2D eigenvalue weighted by Crippen LogP contribution is -2.32. The highest BCUT2D eigenvalue weighted by Crippen LogP contribution is 2.16. The van der Waals surface area contributed by atoms with E-state index in [1.54, 1.807) is 0 Å². The van der Waals surface area contributed by atoms with E-state index < -0.39 is 0 Å². The highest BCUT2D eigenvalue weighted by atomic mass is 15.2. The van der Waals surface area contributed by atoms with E-state index in [2.05, 4.69) is 6.07 Å². The van der Waals surface area contributed by atoms with Gasteiger partial charge in [-0.3, -0.25) is 4.90 Å². The van der Waals surface area contributed by atoms with Crippen molar-refractivity contribution in [3.8, 4) is 6.07 Å². The molecule has 0 radical (unpaired) electrons. The Bertz CT molecular complexity index is 128. The summed E-state index contributed by atoms with van der Waals surface area (Å²) in [6.45, 7) is 0.831. The van der Waals surface area contributed by atoms with Crippen LogP contribution in [0.5, 0.6) is 0 Å². The van der Waals surface area contributed by atoms with Crippen LogP contribution in [0.4, 0.5) is 0 Å². The van der Waals surface area contributed by atoms with Crippen LogP contribution in [-0.2, 0) is 0 Å². The molecule has 50 valence electrons. The molecule has 1 heterocycles. The van der Waals surface area contributed by atoms with Crippen LogP contribution in [0.3, 0.4) is 0 Å². The van der Waals surface area contributed by atoms with Gasteiger partial charge in [0, 0.05) is 6.54 Å². The van der Waals surface area contributed by atoms with Crippen LogP contribution >= 0.6 is 0 Å². The van der Waals surface area contributed by atoms with Gasteiger partial charge < -0.3 is 5.73 Å². The van der Waals surface area contributed by atoms with Gasteiger partial charge in [0.2, 0.25) is 0 Å². The number of hydrogen-bond acceptors (Lipinski definition) is 3. The molecule has 2 atom stereocenters. The zero-order valence-electron chi connectivity index (χ0n) is 5.54. The van der Waals surface area contributed by atoms with E-state index >= 15 is 0 Å². The van der Waals surface area contributed by atoms with Gasteiger partial charge in [-0.25, -0.2) is 0 Å². The first-order valence-corrected chi connectivity index (χ1v) is 3.09. The van der Waals surface area contributed by atoms with Crippen LogP contribution in [0.1, 0.15) is 6.42 Å². The molecular formula is C6H11N3. The van der Waals surface area contributed by atoms with Gasteiger partial charge in [0.05, 0.1) is 18.2 Å². The molecule has 1 saturated heterocycles. The summed E-state index contributed by atoms with van der Waals surface area (Å²) in [7, 11) is 1.95. The molecule has 3 heteroatoms. The molecule has 0 aromatic heterocycles. The number of likely N-dealkylation sites (tertiary alicyclic amines) is 1. The first-order valence-electron chi connectivity index (χ1n) is 3.09. The molecule has 0 bridgehead atoms. The fraction of sp³-hybridized carbons (Fsp3) is 0.833. The average Bonchev–Trinajstić information content (AvgIpc) is 2.13. The van der Waals surface area contributed by atoms with Crippen molar-refractivity contribution < 1.29 is 0 Å². The molecular weight excluding hydrogens is 114 g/mol. The minimum atomic E-state index is 0.106. The molecule has 1 fully saturated rings. The summed E-state index contributed by atoms with van der Waals surface area (Å²) in [4.78, 5) is 2.01. The average molecular weight is 125 g/mol. The summed E-state index contributed by atoms with van der Waals surface area (Å²) in [6, 6.07) is 2.20. The molecule has 0 unspecified atom stereocenters. The van der Waals surface area contributed by atoms with Gasteiger partial charge in [-0.1, -0.05) is 0 Å². The van der Waals surface area contributed by atoms with Crippen LogP contribution in [0.15, 0.2) is 0 Å². The van der Waals surface area contributed by atoms with Crippen molar-refractivity contribution in [3.63, 3.8) is 0 Å². The van der Waals surface area contributed by atoms with Crippen LogP contribution in [0.25, 0.3) is 0 Å². The fourth-order valence-corrected chi connectivity index (χ4v) is 1.12. The van der Waals surface area contributed by atoms with Crippen molar-refractivity contribution in [3.05, 3.63) is 0 Å². The lowest BCUT2D eigenvalue weighted by Gasteiger charge is -2.11. The lowest BCUT2D eigenvalue weighted by atomic mass is 10.1. The Labute approximate surface area is 55.1 Å². The standard InChI is InChI=1S/C6H11N3/c1-9-4-5(3-7)2-6(9)8/h5-6H,2,4,8H2,1H3/t5-,6+/m1/s1. The predicted octanol–water partition coefficient (Wildman–Crippen LogP) is -0.254. The largest absolute Gasteiger partial charge is 0.316 e. The molecule has 0 saturated carbocycles. The summed E-state index contributed by atoms with van der Waals surface area (Å²) in [5, 5.41) is 8.47. The summed E-state index contributed by atoms with van der Waals surface area (Å²) in [5.41, 5.74) is 5.62. The molecule has 1 aliphatic heterocycles. The van der Waals surface area contributed by atoms with Gasteiger partial charge in [-0.05, 0) is 13.5 Å². The Morgan fingerprint density at radius 2 is 2.44 bits per heavy atom. The molecule has 2 N–H and O–H groups in total. The summed E-state index contributed by atoms with van der Waals surface area (Å²) >= 11 is 0. The van der Waals surface area contributed by atoms with Crippen molar-refractivity contribution >= 4 is 0 Å². The number of rotatable bonds is 0. The summed E-state index contributed by atoms with van der Waals surface area (Å²) < 4.78 is 0. The van der Waals surface area contributed by atoms with Crippen LogP contribution in [0, 0.1) is 17.2 Å². The second kappa shape index (κ2) is 2.34. The van der Waals surface area contributed by atoms with Gasteiger partial charge >= 0.3 is 0 Å². The van der Waals surface area contributed by atoms with Gasteiger partial charge in [0.15, 0.2) is 0 Å². The van der Waals surface area contributed by atoms with Gasteiger partial charge in [0.25, 0.3) is 0 Å². The SMILES string of the molecule is CN1C[C@@H](C#N)C[C@H]1N. The first kappa shape index (κ1) is 6.53. The quantitative estimate of drug-likeness (QED) is 0.485. The molecule has 0 aromatic rings. The topological polar surface area (TPSA) is 53.0 Å². The molecule has 0 spiro atoms. The zero-order chi connectivity index (χ0) is 6.85. The third-order valence-electron chi connectivity index (χ3n) is 1.78. The predicted molar refractivity (Wildman–Crippen MR) is 34.3 cm³/mol. The Morgan fingerprint density at radius 1 is 1.78 bits per heavy atom. The first-order chi connectivity index (χ1) is 4.24. The molecule has 0 aliphatic carbocycles. The summed E-state index contributed by atoms with van der Waals surface area (Å²) in [6.07, 6.45) is 0.933. The van der Waals surface area contributed by atoms with E-state index in [0.717, 1.165) is 13.0 Å². The van der Waals surface area contributed by atoms with Crippen molar-refractivity contribution in [2.24, 2.45) is 11.7 Å². The molecule has 1 aliphatic rings. The third-order valence-corrected chi connectivity index (χ3v) is 1.78. The second-order valence-corrected chi connectivity index (χ2v) is 2.57. The Hall–Kier alpha value is -0.590. The van der Waals surface area contributed by atoms with Gasteiger partial charge in [-0.2, -0.15) is 5.26 Å². The third kappa shape index (κ3) is 1.21. The maximum atomic E-state index is 8.47. The van der Waals surface area contributed by atoms with Crippen LogP contribution in [-0.4, -0.2) is 24.7 Å². The monoisotopic (exact) mass is 125 g/mol. The van der Waals surface area contributed by atoms with E-state index in [9.17, 15) is 0 Å². The maximum Gasteiger partial charge on any atom is 0.0670 e. The second-order valence-electron chi connectivity index (χ2n) is 2.57. The van der Waals surface area contributed by atoms with E-state index in [4.69, 9.17) is 11.0 Å². The molecule has 9 heavy (non-hydrogen) atoms. The lowest BCUT2D eigenvalue weighted by molar-refractivity contribution is 0.316. The van der Waals surface area contributed by atoms with E-state index in [1.165, 1.54) is 0 Å². The Morgan fingerprint density at radius 3 is 2.67 bits per heavy atom. The number of nitriles is 1. The smallest absolute Gasteiger partial charge is 0.0670 e. The highest BCUT2D eigenvalue weighted by molar-refractivity contribution is 4.92. The number of hydrogen-bond donors (Lipinski definition) is 1. The molecule has 0 amide bonds. The van der Waals surface area contributed by atoms with Gasteiger partial charge in [0.1, 0.15) is 0 Å². The minimum absolute atomic E-state index is 0.106. The highest BCUT2D eigenvalue weighted by Gasteiger charge is 2.25. The zero-order valence-corrected chi connectivity index (χ0v) is 5.54. The molecule has 1 rings (SSSR count). The molecule has 0 aromatic carbocycles. The van der Waals surface area contributed by atoms with E-state index in [-0.39, 0.29) is 12.1 Å². The molecule has 3 nitrogen and oxygen atoms in total. The van der Waals surface area contributed by atoms with E-state index in [0.29, 0.717) is 0 Å². The van der Waals surface area contributed by atoms with Crippen molar-refractivity contribution in [1.29, 1.82) is 5.26 Å². The van der Waals surface area contributed by atoms with Crippen LogP contribution < -0.4 is 5.73 Å². The van der Waals surface area contributed by atoms with Crippen molar-refractivity contribution in [2.45, 2.75) is 12.6 Å². The maximum absolute atomic E-state index is 8.47. The Balaban J connectivity index is 2.46.